The van der Waals surface area contributed by atoms with Gasteiger partial charge in [0, 0.05) is 11.4 Å². The molecule has 4 N–H and O–H groups in total. The summed E-state index contributed by atoms with van der Waals surface area (Å²) in [5.74, 6) is 0. The van der Waals surface area contributed by atoms with Crippen LogP contribution in [0.5, 0.6) is 0 Å². The fourth-order valence-electron chi connectivity index (χ4n) is 1.43. The normalized spacial score (nSPS) is 25.6. The molecule has 1 aliphatic rings. The lowest BCUT2D eigenvalue weighted by Gasteiger charge is -2.27. The van der Waals surface area contributed by atoms with Gasteiger partial charge in [-0.25, -0.2) is 0 Å². The number of aliphatic hydroxyl groups excluding tert-OH is 1. The lowest BCUT2D eigenvalue weighted by molar-refractivity contribution is 0.136. The first kappa shape index (κ1) is 10.9. The Morgan fingerprint density at radius 2 is 2.36 bits per heavy atom. The van der Waals surface area contributed by atoms with Crippen LogP contribution >= 0.6 is 0 Å². The highest BCUT2D eigenvalue weighted by atomic mass is 16.3. The van der Waals surface area contributed by atoms with Crippen molar-refractivity contribution in [1.82, 2.24) is 5.32 Å². The van der Waals surface area contributed by atoms with E-state index in [2.05, 4.69) is 22.0 Å². The quantitative estimate of drug-likeness (QED) is 0.425. The lowest BCUT2D eigenvalue weighted by Crippen LogP contribution is -2.48. The van der Waals surface area contributed by atoms with Crippen molar-refractivity contribution in [2.45, 2.75) is 32.3 Å². The Balaban J connectivity index is 2.80. The standard InChI is InChI=1S/C9H16N4O/c1-5-4-6(2)13-9(12-5)7(11-3)8(10)14/h4,7-9,12,14H,3,10H2,1-2H3. The molecule has 1 rings (SSSR count). The number of hydrogen-bond donors (Lipinski definition) is 3. The molecule has 0 aromatic carbocycles. The number of hydrogen-bond acceptors (Lipinski definition) is 5. The van der Waals surface area contributed by atoms with Crippen LogP contribution in [0, 0.1) is 0 Å². The van der Waals surface area contributed by atoms with E-state index >= 15 is 0 Å². The number of aliphatic imine (C=N–C) groups is 2. The predicted octanol–water partition coefficient (Wildman–Crippen LogP) is -0.373. The Labute approximate surface area is 83.4 Å². The van der Waals surface area contributed by atoms with Crippen LogP contribution in [-0.4, -0.2) is 36.0 Å². The Morgan fingerprint density at radius 1 is 1.71 bits per heavy atom. The maximum absolute atomic E-state index is 9.25. The van der Waals surface area contributed by atoms with Crippen molar-refractivity contribution in [1.29, 1.82) is 0 Å². The average molecular weight is 196 g/mol. The summed E-state index contributed by atoms with van der Waals surface area (Å²) in [5.41, 5.74) is 7.23. The summed E-state index contributed by atoms with van der Waals surface area (Å²) in [6, 6.07) is -0.520. The highest BCUT2D eigenvalue weighted by Crippen LogP contribution is 2.10. The van der Waals surface area contributed by atoms with Gasteiger partial charge in [-0.15, -0.1) is 0 Å². The molecule has 0 aromatic heterocycles. The van der Waals surface area contributed by atoms with Gasteiger partial charge in [-0.3, -0.25) is 9.98 Å². The van der Waals surface area contributed by atoms with E-state index in [-0.39, 0.29) is 6.17 Å². The summed E-state index contributed by atoms with van der Waals surface area (Å²) in [4.78, 5) is 8.04. The SMILES string of the molecule is C=NC(C(N)O)C1N=C(C)C=C(C)N1. The third-order valence-corrected chi connectivity index (χ3v) is 2.03. The van der Waals surface area contributed by atoms with Crippen LogP contribution in [0.2, 0.25) is 0 Å². The van der Waals surface area contributed by atoms with Crippen molar-refractivity contribution in [3.05, 3.63) is 11.8 Å². The van der Waals surface area contributed by atoms with Gasteiger partial charge in [-0.05, 0) is 26.6 Å². The third kappa shape index (κ3) is 2.40. The van der Waals surface area contributed by atoms with Crippen molar-refractivity contribution < 1.29 is 5.11 Å². The van der Waals surface area contributed by atoms with Crippen molar-refractivity contribution >= 4 is 12.4 Å². The molecular weight excluding hydrogens is 180 g/mol. The Kier molecular flexibility index (Phi) is 3.38. The van der Waals surface area contributed by atoms with Crippen LogP contribution in [0.1, 0.15) is 13.8 Å². The zero-order valence-corrected chi connectivity index (χ0v) is 8.44. The highest BCUT2D eigenvalue weighted by molar-refractivity contribution is 5.94. The second-order valence-electron chi connectivity index (χ2n) is 3.35. The van der Waals surface area contributed by atoms with Crippen LogP contribution in [-0.2, 0) is 0 Å². The van der Waals surface area contributed by atoms with E-state index in [0.29, 0.717) is 0 Å². The van der Waals surface area contributed by atoms with Gasteiger partial charge >= 0.3 is 0 Å². The number of aliphatic hydroxyl groups is 1. The second-order valence-corrected chi connectivity index (χ2v) is 3.35. The molecule has 0 spiro atoms. The highest BCUT2D eigenvalue weighted by Gasteiger charge is 2.25. The van der Waals surface area contributed by atoms with Crippen molar-refractivity contribution in [3.8, 4) is 0 Å². The number of rotatable bonds is 3. The summed E-state index contributed by atoms with van der Waals surface area (Å²) >= 11 is 0. The molecule has 0 saturated heterocycles. The van der Waals surface area contributed by atoms with E-state index in [0.717, 1.165) is 11.4 Å². The van der Waals surface area contributed by atoms with Crippen LogP contribution in [0.15, 0.2) is 21.8 Å². The largest absolute Gasteiger partial charge is 0.376 e. The molecule has 14 heavy (non-hydrogen) atoms. The molecule has 1 heterocycles. The summed E-state index contributed by atoms with van der Waals surface area (Å²) in [7, 11) is 0. The first-order valence-corrected chi connectivity index (χ1v) is 4.43. The van der Waals surface area contributed by atoms with Gasteiger partial charge in [0.05, 0.1) is 0 Å². The smallest absolute Gasteiger partial charge is 0.145 e. The fourth-order valence-corrected chi connectivity index (χ4v) is 1.43. The molecule has 3 unspecified atom stereocenters. The zero-order valence-electron chi connectivity index (χ0n) is 8.44. The second kappa shape index (κ2) is 4.34. The van der Waals surface area contributed by atoms with Gasteiger partial charge in [0.25, 0.3) is 0 Å². The number of allylic oxidation sites excluding steroid dienone is 2. The molecule has 0 bridgehead atoms. The summed E-state index contributed by atoms with van der Waals surface area (Å²) in [6.45, 7) is 7.20. The van der Waals surface area contributed by atoms with E-state index in [1.54, 1.807) is 0 Å². The minimum atomic E-state index is -1.05. The minimum absolute atomic E-state index is 0.322. The molecule has 0 aromatic rings. The van der Waals surface area contributed by atoms with Crippen molar-refractivity contribution in [2.75, 3.05) is 0 Å². The van der Waals surface area contributed by atoms with Gasteiger partial charge < -0.3 is 16.2 Å². The maximum atomic E-state index is 9.25. The van der Waals surface area contributed by atoms with E-state index in [1.165, 1.54) is 0 Å². The Bertz CT molecular complexity index is 283. The fraction of sp³-hybridized carbons (Fsp3) is 0.556. The molecular formula is C9H16N4O. The monoisotopic (exact) mass is 196 g/mol. The van der Waals surface area contributed by atoms with Crippen molar-refractivity contribution in [3.63, 3.8) is 0 Å². The van der Waals surface area contributed by atoms with Gasteiger partial charge in [-0.1, -0.05) is 0 Å². The molecule has 0 aliphatic carbocycles. The molecule has 0 fully saturated rings. The summed E-state index contributed by atoms with van der Waals surface area (Å²) in [6.07, 6.45) is 0.546. The average Bonchev–Trinajstić information content (AvgIpc) is 2.02. The lowest BCUT2D eigenvalue weighted by atomic mass is 10.1. The van der Waals surface area contributed by atoms with Crippen LogP contribution in [0.3, 0.4) is 0 Å². The van der Waals surface area contributed by atoms with Gasteiger partial charge in [0.15, 0.2) is 0 Å². The molecule has 5 nitrogen and oxygen atoms in total. The molecule has 5 heteroatoms. The van der Waals surface area contributed by atoms with E-state index in [4.69, 9.17) is 5.73 Å². The molecule has 0 saturated carbocycles. The molecule has 78 valence electrons. The molecule has 0 radical (unpaired) electrons. The topological polar surface area (TPSA) is 83.0 Å². The van der Waals surface area contributed by atoms with Crippen molar-refractivity contribution in [2.24, 2.45) is 15.7 Å². The first-order valence-electron chi connectivity index (χ1n) is 4.43. The number of nitrogens with zero attached hydrogens (tertiary/aromatic N) is 2. The summed E-state index contributed by atoms with van der Waals surface area (Å²) in [5, 5.41) is 12.3. The van der Waals surface area contributed by atoms with Gasteiger partial charge in [-0.2, -0.15) is 0 Å². The molecule has 3 atom stereocenters. The zero-order chi connectivity index (χ0) is 10.7. The Morgan fingerprint density at radius 3 is 2.79 bits per heavy atom. The molecule has 0 amide bonds. The van der Waals surface area contributed by atoms with E-state index < -0.39 is 12.3 Å². The molecule has 1 aliphatic heterocycles. The van der Waals surface area contributed by atoms with E-state index in [1.807, 2.05) is 19.9 Å². The van der Waals surface area contributed by atoms with Crippen LogP contribution in [0.4, 0.5) is 0 Å². The minimum Gasteiger partial charge on any atom is -0.376 e. The van der Waals surface area contributed by atoms with Crippen LogP contribution in [0.25, 0.3) is 0 Å². The number of nitrogens with one attached hydrogen (secondary N) is 1. The maximum Gasteiger partial charge on any atom is 0.145 e. The van der Waals surface area contributed by atoms with Gasteiger partial charge in [0.2, 0.25) is 0 Å². The third-order valence-electron chi connectivity index (χ3n) is 2.03. The van der Waals surface area contributed by atoms with Gasteiger partial charge in [0.1, 0.15) is 18.4 Å². The predicted molar refractivity (Wildman–Crippen MR) is 57.3 cm³/mol. The Hall–Kier alpha value is -1.20. The number of nitrogens with two attached hydrogens (primary N) is 1. The first-order chi connectivity index (χ1) is 6.54. The van der Waals surface area contributed by atoms with Crippen LogP contribution < -0.4 is 11.1 Å². The van der Waals surface area contributed by atoms with E-state index in [9.17, 15) is 5.11 Å². The summed E-state index contributed by atoms with van der Waals surface area (Å²) < 4.78 is 0.